The van der Waals surface area contributed by atoms with Crippen molar-refractivity contribution in [3.63, 3.8) is 0 Å². The van der Waals surface area contributed by atoms with Crippen LogP contribution in [-0.4, -0.2) is 183 Å². The lowest BCUT2D eigenvalue weighted by atomic mass is 9.88. The van der Waals surface area contributed by atoms with Crippen molar-refractivity contribution in [2.24, 2.45) is 0 Å². The van der Waals surface area contributed by atoms with Crippen LogP contribution in [0, 0.1) is 6.92 Å². The van der Waals surface area contributed by atoms with Gasteiger partial charge in [-0.2, -0.15) is 86.4 Å². The first-order valence-electron chi connectivity index (χ1n) is 26.0. The molecule has 0 aliphatic carbocycles. The molecule has 2 aromatic heterocycles. The number of alkyl halides is 17. The molecule has 0 saturated carbocycles. The van der Waals surface area contributed by atoms with E-state index in [1.54, 1.807) is 0 Å². The number of aromatic nitrogens is 3. The highest BCUT2D eigenvalue weighted by Crippen LogP contribution is 2.64. The minimum absolute atomic E-state index is 0.00422. The second kappa shape index (κ2) is 29.4. The van der Waals surface area contributed by atoms with Crippen LogP contribution in [0.1, 0.15) is 62.5 Å². The van der Waals surface area contributed by atoms with Crippen LogP contribution in [0.4, 0.5) is 79.4 Å². The van der Waals surface area contributed by atoms with Crippen molar-refractivity contribution in [3.8, 4) is 11.3 Å². The van der Waals surface area contributed by atoms with Crippen LogP contribution >= 0.6 is 11.8 Å². The molecule has 476 valence electrons. The van der Waals surface area contributed by atoms with Gasteiger partial charge in [0.1, 0.15) is 11.3 Å². The number of nitrogens with zero attached hydrogens (tertiary/aromatic N) is 3. The van der Waals surface area contributed by atoms with E-state index in [1.807, 2.05) is 11.8 Å². The molecule has 3 atom stereocenters. The van der Waals surface area contributed by atoms with Crippen molar-refractivity contribution < 1.29 is 117 Å². The maximum atomic E-state index is 14.4. The largest absolute Gasteiger partial charge is 0.460 e. The highest BCUT2D eigenvalue weighted by atomic mass is 32.2. The number of halogens is 17. The van der Waals surface area contributed by atoms with E-state index in [9.17, 15) is 93.8 Å². The number of thioether (sulfide) groups is 1. The predicted octanol–water partition coefficient (Wildman–Crippen LogP) is 8.51. The zero-order chi connectivity index (χ0) is 62.4. The van der Waals surface area contributed by atoms with E-state index in [4.69, 9.17) is 28.1 Å². The summed E-state index contributed by atoms with van der Waals surface area (Å²) in [6.45, 7) is 4.66. The summed E-state index contributed by atoms with van der Waals surface area (Å²) in [5.41, 5.74) is -0.710. The van der Waals surface area contributed by atoms with Gasteiger partial charge in [0.15, 0.2) is 0 Å². The van der Waals surface area contributed by atoms with Crippen LogP contribution < -0.4 is 26.9 Å². The van der Waals surface area contributed by atoms with E-state index >= 15 is 0 Å². The van der Waals surface area contributed by atoms with Gasteiger partial charge in [-0.1, -0.05) is 23.8 Å². The monoisotopic (exact) mass is 1260 g/mol. The molecular weight excluding hydrogens is 1200 g/mol. The number of carbonyl (C=O) groups is 3. The molecule has 2 aliphatic heterocycles. The summed E-state index contributed by atoms with van der Waals surface area (Å²) >= 11 is 1.86. The van der Waals surface area contributed by atoms with E-state index in [-0.39, 0.29) is 79.2 Å². The molecule has 4 heterocycles. The van der Waals surface area contributed by atoms with Crippen molar-refractivity contribution in [3.05, 3.63) is 45.9 Å². The fourth-order valence-corrected chi connectivity index (χ4v) is 10.0. The number of aryl methyl sites for hydroxylation is 2. The van der Waals surface area contributed by atoms with Crippen LogP contribution in [0.5, 0.6) is 0 Å². The van der Waals surface area contributed by atoms with Crippen molar-refractivity contribution in [2.45, 2.75) is 136 Å². The fraction of sp³-hybridized carbons (Fsp3) is 0.714. The lowest BCUT2D eigenvalue weighted by molar-refractivity contribution is -0.461. The van der Waals surface area contributed by atoms with Gasteiger partial charge in [-0.25, -0.2) is 9.59 Å². The Labute approximate surface area is 471 Å². The first-order chi connectivity index (χ1) is 39.2. The summed E-state index contributed by atoms with van der Waals surface area (Å²) < 4.78 is 265. The molecule has 2 saturated heterocycles. The van der Waals surface area contributed by atoms with Gasteiger partial charge >= 0.3 is 59.3 Å². The molecule has 4 N–H and O–H groups in total. The molecule has 1 aromatic carbocycles. The number of hydrogen-bond donors (Lipinski definition) is 4. The SMILES string of the molecule is Cc1c(CC(=O)NCCCOCCOCCOCCOCCOCCCNC(=O)CCCC[C@@H]2SC[C@@H]3NC(=O)N[C@@H]32)c(=O)oc2cc(-c3cn(CCCC(F)(F)C(F)(F)C(F)(F)C(F)(F)C(F)(F)C(F)(F)C(F)(F)C(F)(F)F)nn3)ccc12. The summed E-state index contributed by atoms with van der Waals surface area (Å²) in [5.74, 6) is -56.5. The third-order valence-electron chi connectivity index (χ3n) is 13.3. The Morgan fingerprint density at radius 1 is 0.667 bits per heavy atom. The highest BCUT2D eigenvalue weighted by Gasteiger charge is 2.95. The number of amides is 4. The molecule has 2 aliphatic rings. The first kappa shape index (κ1) is 69.5. The van der Waals surface area contributed by atoms with Gasteiger partial charge in [-0.15, -0.1) is 5.10 Å². The maximum Gasteiger partial charge on any atom is 0.460 e. The molecule has 0 spiro atoms. The number of ether oxygens (including phenoxy) is 5. The Bertz CT molecular complexity index is 2700. The standard InChI is InChI=1S/C49H60F17N7O10S/c1-29-31-10-9-30(33-27-73(72-71-33)14-4-11-42(50,51)43(52,53)44(54,55)45(56,57)46(58,59)47(60,61)48(62,63)49(64,65)66)25-35(31)83-40(76)32(29)26-38(75)68-13-6-16-79-18-20-81-22-24-82-23-21-80-19-17-78-15-5-12-67-37(74)8-3-2-7-36-39-34(28-84-36)69-41(77)70-39/h9-10,25,27,34,36,39H,2-8,11-24,26,28H2,1H3,(H,67,74)(H,68,75)(H2,69,70,77)/t34-,36-,39-/m0/s1. The molecule has 0 radical (unpaired) electrons. The van der Waals surface area contributed by atoms with Gasteiger partial charge in [0, 0.05) is 67.6 Å². The number of nitrogens with one attached hydrogen (secondary N) is 4. The van der Waals surface area contributed by atoms with Crippen LogP contribution in [0.25, 0.3) is 22.2 Å². The molecule has 4 amide bonds. The average Bonchev–Trinajstić information content (AvgIpc) is 0.993. The quantitative estimate of drug-likeness (QED) is 0.0184. The van der Waals surface area contributed by atoms with Gasteiger partial charge < -0.3 is 49.4 Å². The Kier molecular flexibility index (Phi) is 24.3. The number of hydrogen-bond acceptors (Lipinski definition) is 13. The van der Waals surface area contributed by atoms with Crippen molar-refractivity contribution >= 4 is 40.6 Å². The Morgan fingerprint density at radius 3 is 1.75 bits per heavy atom. The third-order valence-corrected chi connectivity index (χ3v) is 14.8. The van der Waals surface area contributed by atoms with Crippen molar-refractivity contribution in [1.29, 1.82) is 0 Å². The molecule has 5 rings (SSSR count). The minimum atomic E-state index is -8.71. The molecule has 3 aromatic rings. The van der Waals surface area contributed by atoms with E-state index in [1.165, 1.54) is 25.1 Å². The van der Waals surface area contributed by atoms with E-state index in [0.29, 0.717) is 92.9 Å². The predicted molar refractivity (Wildman–Crippen MR) is 263 cm³/mol. The lowest BCUT2D eigenvalue weighted by Crippen LogP contribution is -2.74. The Balaban J connectivity index is 0.894. The number of benzene rings is 1. The van der Waals surface area contributed by atoms with Gasteiger partial charge in [0.2, 0.25) is 11.8 Å². The zero-order valence-electron chi connectivity index (χ0n) is 44.6. The van der Waals surface area contributed by atoms with Crippen molar-refractivity contribution in [2.75, 3.05) is 84.9 Å². The number of rotatable bonds is 38. The van der Waals surface area contributed by atoms with Gasteiger partial charge in [0.05, 0.1) is 83.1 Å². The smallest absolute Gasteiger partial charge is 0.422 e. The zero-order valence-corrected chi connectivity index (χ0v) is 45.4. The normalized spacial score (nSPS) is 17.4. The third kappa shape index (κ3) is 16.6. The summed E-state index contributed by atoms with van der Waals surface area (Å²) in [6.07, 6.45) is -7.18. The fourth-order valence-electron chi connectivity index (χ4n) is 8.49. The molecule has 17 nitrogen and oxygen atoms in total. The van der Waals surface area contributed by atoms with Crippen molar-refractivity contribution in [1.82, 2.24) is 36.3 Å². The highest BCUT2D eigenvalue weighted by molar-refractivity contribution is 8.00. The first-order valence-corrected chi connectivity index (χ1v) is 27.1. The van der Waals surface area contributed by atoms with Gasteiger partial charge in [0.25, 0.3) is 0 Å². The van der Waals surface area contributed by atoms with Gasteiger partial charge in [-0.3, -0.25) is 14.3 Å². The number of urea groups is 1. The summed E-state index contributed by atoms with van der Waals surface area (Å²) in [7, 11) is 0. The summed E-state index contributed by atoms with van der Waals surface area (Å²) in [6, 6.07) is 4.28. The molecule has 0 unspecified atom stereocenters. The molecular formula is C49H60F17N7O10S. The summed E-state index contributed by atoms with van der Waals surface area (Å²) in [4.78, 5) is 49.3. The number of unbranched alkanes of at least 4 members (excludes halogenated alkanes) is 1. The molecule has 0 bridgehead atoms. The van der Waals surface area contributed by atoms with E-state index in [2.05, 4.69) is 31.6 Å². The molecule has 84 heavy (non-hydrogen) atoms. The minimum Gasteiger partial charge on any atom is -0.422 e. The van der Waals surface area contributed by atoms with Crippen LogP contribution in [-0.2, 0) is 46.2 Å². The second-order valence-electron chi connectivity index (χ2n) is 19.3. The molecule has 2 fully saturated rings. The van der Waals surface area contributed by atoms with E-state index < -0.39 is 78.6 Å². The number of fused-ring (bicyclic) bond motifs is 2. The second-order valence-corrected chi connectivity index (χ2v) is 20.6. The number of carbonyl (C=O) groups excluding carboxylic acids is 3. The summed E-state index contributed by atoms with van der Waals surface area (Å²) in [5, 5.41) is 19.3. The Hall–Kier alpha value is -5.26. The average molecular weight is 1260 g/mol. The van der Waals surface area contributed by atoms with Crippen LogP contribution in [0.15, 0.2) is 33.6 Å². The van der Waals surface area contributed by atoms with Crippen LogP contribution in [0.3, 0.4) is 0 Å². The van der Waals surface area contributed by atoms with Gasteiger partial charge in [-0.05, 0) is 50.7 Å². The maximum absolute atomic E-state index is 14.4. The molecule has 35 heteroatoms. The lowest BCUT2D eigenvalue weighted by Gasteiger charge is -2.42. The Morgan fingerprint density at radius 2 is 1.19 bits per heavy atom. The van der Waals surface area contributed by atoms with Crippen LogP contribution in [0.2, 0.25) is 0 Å². The topological polar surface area (TPSA) is 206 Å². The van der Waals surface area contributed by atoms with E-state index in [0.717, 1.165) is 31.2 Å².